The lowest BCUT2D eigenvalue weighted by molar-refractivity contribution is -0.128. The molecule has 0 bridgehead atoms. The second kappa shape index (κ2) is 8.62. The molecule has 0 aliphatic rings. The minimum Gasteiger partial charge on any atom is -0.480 e. The maximum atomic E-state index is 12.1. The fourth-order valence-electron chi connectivity index (χ4n) is 2.03. The second-order valence-corrected chi connectivity index (χ2v) is 5.21. The van der Waals surface area contributed by atoms with Crippen LogP contribution in [-0.2, 0) is 4.79 Å². The molecule has 112 valence electrons. The summed E-state index contributed by atoms with van der Waals surface area (Å²) in [5.74, 6) is 0.796. The number of ether oxygens (including phenoxy) is 1. The maximum Gasteiger partial charge on any atom is 0.261 e. The quantitative estimate of drug-likeness (QED) is 0.735. The summed E-state index contributed by atoms with van der Waals surface area (Å²) in [6.07, 6.45) is 3.60. The first kappa shape index (κ1) is 16.5. The van der Waals surface area contributed by atoms with E-state index in [0.717, 1.165) is 37.1 Å². The molecule has 0 spiro atoms. The molecule has 0 saturated carbocycles. The van der Waals surface area contributed by atoms with Crippen LogP contribution in [0.1, 0.15) is 50.7 Å². The Labute approximate surface area is 122 Å². The van der Waals surface area contributed by atoms with E-state index in [1.165, 1.54) is 5.56 Å². The predicted octanol–water partition coefficient (Wildman–Crippen LogP) is 3.77. The van der Waals surface area contributed by atoms with Crippen molar-refractivity contribution in [2.75, 3.05) is 6.54 Å². The van der Waals surface area contributed by atoms with E-state index in [4.69, 9.17) is 4.74 Å². The lowest BCUT2D eigenvalue weighted by atomic mass is 10.1. The van der Waals surface area contributed by atoms with Crippen LogP contribution in [0.15, 0.2) is 18.2 Å². The smallest absolute Gasteiger partial charge is 0.261 e. The lowest BCUT2D eigenvalue weighted by Gasteiger charge is -2.19. The van der Waals surface area contributed by atoms with Crippen molar-refractivity contribution >= 4 is 5.91 Å². The van der Waals surface area contributed by atoms with E-state index in [2.05, 4.69) is 12.2 Å². The zero-order valence-corrected chi connectivity index (χ0v) is 13.2. The molecular formula is C17H27NO2. The van der Waals surface area contributed by atoms with E-state index in [9.17, 15) is 4.79 Å². The molecule has 0 aliphatic heterocycles. The average molecular weight is 277 g/mol. The molecule has 1 N–H and O–H groups in total. The van der Waals surface area contributed by atoms with Gasteiger partial charge >= 0.3 is 0 Å². The van der Waals surface area contributed by atoms with Crippen molar-refractivity contribution in [3.8, 4) is 5.75 Å². The number of aryl methyl sites for hydroxylation is 1. The first-order valence-electron chi connectivity index (χ1n) is 7.60. The van der Waals surface area contributed by atoms with E-state index in [1.54, 1.807) is 0 Å². The van der Waals surface area contributed by atoms with Gasteiger partial charge in [0.1, 0.15) is 5.75 Å². The Hall–Kier alpha value is -1.51. The van der Waals surface area contributed by atoms with Crippen molar-refractivity contribution in [2.24, 2.45) is 0 Å². The highest BCUT2D eigenvalue weighted by Crippen LogP contribution is 2.22. The number of nitrogens with one attached hydrogen (secondary N) is 1. The maximum absolute atomic E-state index is 12.1. The van der Waals surface area contributed by atoms with Crippen molar-refractivity contribution in [1.29, 1.82) is 0 Å². The molecule has 3 heteroatoms. The summed E-state index contributed by atoms with van der Waals surface area (Å²) in [5, 5.41) is 2.96. The molecule has 0 unspecified atom stereocenters. The van der Waals surface area contributed by atoms with Crippen LogP contribution in [0.3, 0.4) is 0 Å². The van der Waals surface area contributed by atoms with E-state index in [-0.39, 0.29) is 5.91 Å². The largest absolute Gasteiger partial charge is 0.480 e. The van der Waals surface area contributed by atoms with Gasteiger partial charge in [0, 0.05) is 6.54 Å². The van der Waals surface area contributed by atoms with Crippen LogP contribution in [0.5, 0.6) is 5.75 Å². The number of carbonyl (C=O) groups excluding carboxylic acids is 1. The standard InChI is InChI=1S/C17H27NO2/c1-5-7-8-12-18-17(19)15(6-2)20-16-11-9-10-13(3)14(16)4/h9-11,15H,5-8,12H2,1-4H3,(H,18,19)/t15-/m0/s1. The molecule has 0 aliphatic carbocycles. The van der Waals surface area contributed by atoms with Crippen LogP contribution in [0.25, 0.3) is 0 Å². The molecule has 0 saturated heterocycles. The summed E-state index contributed by atoms with van der Waals surface area (Å²) in [4.78, 5) is 12.1. The normalized spacial score (nSPS) is 12.0. The van der Waals surface area contributed by atoms with Gasteiger partial charge in [-0.05, 0) is 43.9 Å². The number of unbranched alkanes of at least 4 members (excludes halogenated alkanes) is 2. The van der Waals surface area contributed by atoms with Gasteiger partial charge in [-0.2, -0.15) is 0 Å². The van der Waals surface area contributed by atoms with E-state index < -0.39 is 6.10 Å². The van der Waals surface area contributed by atoms with Gasteiger partial charge in [-0.15, -0.1) is 0 Å². The van der Waals surface area contributed by atoms with Gasteiger partial charge in [0.2, 0.25) is 0 Å². The van der Waals surface area contributed by atoms with Gasteiger partial charge in [-0.1, -0.05) is 38.8 Å². The third-order valence-corrected chi connectivity index (χ3v) is 3.57. The molecule has 1 aromatic carbocycles. The van der Waals surface area contributed by atoms with Gasteiger partial charge < -0.3 is 10.1 Å². The Morgan fingerprint density at radius 2 is 2.00 bits per heavy atom. The molecule has 20 heavy (non-hydrogen) atoms. The van der Waals surface area contributed by atoms with Crippen molar-refractivity contribution in [2.45, 2.75) is 59.5 Å². The number of benzene rings is 1. The highest BCUT2D eigenvalue weighted by molar-refractivity contribution is 5.81. The van der Waals surface area contributed by atoms with E-state index in [0.29, 0.717) is 6.42 Å². The van der Waals surface area contributed by atoms with Crippen LogP contribution in [0.2, 0.25) is 0 Å². The lowest BCUT2D eigenvalue weighted by Crippen LogP contribution is -2.38. The van der Waals surface area contributed by atoms with Crippen molar-refractivity contribution in [3.63, 3.8) is 0 Å². The molecule has 1 amide bonds. The Balaban J connectivity index is 2.57. The number of hydrogen-bond donors (Lipinski definition) is 1. The Morgan fingerprint density at radius 1 is 1.25 bits per heavy atom. The van der Waals surface area contributed by atoms with Crippen molar-refractivity contribution in [1.82, 2.24) is 5.32 Å². The van der Waals surface area contributed by atoms with Crippen LogP contribution in [-0.4, -0.2) is 18.6 Å². The Kier molecular flexibility index (Phi) is 7.13. The minimum atomic E-state index is -0.405. The third kappa shape index (κ3) is 4.87. The number of carbonyl (C=O) groups is 1. The number of hydrogen-bond acceptors (Lipinski definition) is 2. The Morgan fingerprint density at radius 3 is 2.65 bits per heavy atom. The topological polar surface area (TPSA) is 38.3 Å². The number of rotatable bonds is 8. The van der Waals surface area contributed by atoms with Crippen molar-refractivity contribution in [3.05, 3.63) is 29.3 Å². The van der Waals surface area contributed by atoms with Gasteiger partial charge in [0.05, 0.1) is 0 Å². The molecule has 0 radical (unpaired) electrons. The monoisotopic (exact) mass is 277 g/mol. The third-order valence-electron chi connectivity index (χ3n) is 3.57. The van der Waals surface area contributed by atoms with E-state index >= 15 is 0 Å². The molecule has 1 rings (SSSR count). The van der Waals surface area contributed by atoms with Crippen LogP contribution in [0.4, 0.5) is 0 Å². The predicted molar refractivity (Wildman–Crippen MR) is 83.2 cm³/mol. The summed E-state index contributed by atoms with van der Waals surface area (Å²) in [5.41, 5.74) is 2.28. The fourth-order valence-corrected chi connectivity index (χ4v) is 2.03. The first-order valence-corrected chi connectivity index (χ1v) is 7.60. The minimum absolute atomic E-state index is 0.00971. The van der Waals surface area contributed by atoms with Crippen LogP contribution < -0.4 is 10.1 Å². The first-order chi connectivity index (χ1) is 9.60. The average Bonchev–Trinajstić information content (AvgIpc) is 2.45. The highest BCUT2D eigenvalue weighted by atomic mass is 16.5. The second-order valence-electron chi connectivity index (χ2n) is 5.21. The van der Waals surface area contributed by atoms with Crippen LogP contribution >= 0.6 is 0 Å². The molecule has 1 atom stereocenters. The Bertz CT molecular complexity index is 429. The SMILES string of the molecule is CCCCCNC(=O)[C@H](CC)Oc1cccc(C)c1C. The summed E-state index contributed by atoms with van der Waals surface area (Å²) < 4.78 is 5.88. The van der Waals surface area contributed by atoms with Crippen LogP contribution in [0, 0.1) is 13.8 Å². The van der Waals surface area contributed by atoms with E-state index in [1.807, 2.05) is 39.0 Å². The van der Waals surface area contributed by atoms with Gasteiger partial charge in [0.15, 0.2) is 6.10 Å². The summed E-state index contributed by atoms with van der Waals surface area (Å²) >= 11 is 0. The molecule has 1 aromatic rings. The van der Waals surface area contributed by atoms with Gasteiger partial charge in [-0.3, -0.25) is 4.79 Å². The molecule has 3 nitrogen and oxygen atoms in total. The summed E-state index contributed by atoms with van der Waals surface area (Å²) in [6.45, 7) is 8.94. The highest BCUT2D eigenvalue weighted by Gasteiger charge is 2.18. The van der Waals surface area contributed by atoms with Gasteiger partial charge in [0.25, 0.3) is 5.91 Å². The molecule has 0 heterocycles. The van der Waals surface area contributed by atoms with Gasteiger partial charge in [-0.25, -0.2) is 0 Å². The molecule has 0 aromatic heterocycles. The molecule has 0 fully saturated rings. The fraction of sp³-hybridized carbons (Fsp3) is 0.588. The zero-order valence-electron chi connectivity index (χ0n) is 13.2. The number of amides is 1. The zero-order chi connectivity index (χ0) is 15.0. The summed E-state index contributed by atoms with van der Waals surface area (Å²) in [6, 6.07) is 5.94. The van der Waals surface area contributed by atoms with Crippen molar-refractivity contribution < 1.29 is 9.53 Å². The molecular weight excluding hydrogens is 250 g/mol. The summed E-state index contributed by atoms with van der Waals surface area (Å²) in [7, 11) is 0.